The minimum absolute atomic E-state index is 0.234. The van der Waals surface area contributed by atoms with E-state index < -0.39 is 29.4 Å². The lowest BCUT2D eigenvalue weighted by molar-refractivity contribution is 0.0223. The number of rotatable bonds is 2. The number of amides is 3. The van der Waals surface area contributed by atoms with Gasteiger partial charge in [0.05, 0.1) is 18.3 Å². The molecule has 2 N–H and O–H groups in total. The molecule has 0 aliphatic carbocycles. The number of aromatic nitrogens is 2. The molecular weight excluding hydrogens is 498 g/mol. The van der Waals surface area contributed by atoms with Crippen molar-refractivity contribution in [2.75, 3.05) is 6.54 Å². The highest BCUT2D eigenvalue weighted by atomic mass is 35.5. The van der Waals surface area contributed by atoms with E-state index in [0.29, 0.717) is 17.1 Å². The number of nitrogens with zero attached hydrogens (tertiary/aromatic N) is 4. The van der Waals surface area contributed by atoms with E-state index >= 15 is 0 Å². The van der Waals surface area contributed by atoms with Crippen LogP contribution in [0.1, 0.15) is 88.7 Å². The van der Waals surface area contributed by atoms with Crippen molar-refractivity contribution in [1.82, 2.24) is 19.6 Å². The summed E-state index contributed by atoms with van der Waals surface area (Å²) in [7, 11) is 0. The van der Waals surface area contributed by atoms with Gasteiger partial charge >= 0.3 is 18.2 Å². The second-order valence-electron chi connectivity index (χ2n) is 11.5. The molecule has 3 heterocycles. The first-order chi connectivity index (χ1) is 17.1. The number of primary amides is 1. The quantitative estimate of drug-likeness (QED) is 0.555. The van der Waals surface area contributed by atoms with Crippen molar-refractivity contribution in [3.8, 4) is 0 Å². The summed E-state index contributed by atoms with van der Waals surface area (Å²) in [6.45, 7) is 11.6. The molecule has 1 saturated heterocycles. The number of fused-ring (bicyclic) bond motifs is 1. The van der Waals surface area contributed by atoms with Crippen molar-refractivity contribution in [3.63, 3.8) is 0 Å². The van der Waals surface area contributed by atoms with Crippen LogP contribution in [0.4, 0.5) is 14.4 Å². The fourth-order valence-electron chi connectivity index (χ4n) is 4.91. The van der Waals surface area contributed by atoms with E-state index in [1.54, 1.807) is 31.7 Å². The van der Waals surface area contributed by atoms with Gasteiger partial charge in [-0.05, 0) is 83.2 Å². The topological polar surface area (TPSA) is 120 Å². The van der Waals surface area contributed by atoms with Crippen LogP contribution in [0, 0.1) is 0 Å². The van der Waals surface area contributed by atoms with E-state index in [1.165, 1.54) is 17.3 Å². The van der Waals surface area contributed by atoms with Gasteiger partial charge in [-0.1, -0.05) is 11.6 Å². The number of likely N-dealkylation sites (tertiary alicyclic amines) is 1. The van der Waals surface area contributed by atoms with E-state index in [0.717, 1.165) is 34.2 Å². The molecule has 1 aromatic heterocycles. The third kappa shape index (κ3) is 5.69. The van der Waals surface area contributed by atoms with Crippen LogP contribution >= 0.6 is 11.6 Å². The van der Waals surface area contributed by atoms with Gasteiger partial charge in [-0.25, -0.2) is 14.4 Å². The molecule has 0 unspecified atom stereocenters. The van der Waals surface area contributed by atoms with Crippen molar-refractivity contribution in [2.45, 2.75) is 84.2 Å². The third-order valence-electron chi connectivity index (χ3n) is 6.24. The molecule has 11 heteroatoms. The molecule has 0 saturated carbocycles. The number of halogens is 1. The largest absolute Gasteiger partial charge is 0.444 e. The lowest BCUT2D eigenvalue weighted by atomic mass is 9.92. The monoisotopic (exact) mass is 531 g/mol. The Labute approximate surface area is 221 Å². The van der Waals surface area contributed by atoms with Crippen LogP contribution in [0.15, 0.2) is 24.5 Å². The maximum absolute atomic E-state index is 13.0. The Kier molecular flexibility index (Phi) is 6.92. The molecule has 4 rings (SSSR count). The Bertz CT molecular complexity index is 1230. The molecule has 0 bridgehead atoms. The fraction of sp³-hybridized carbons (Fsp3) is 0.538. The van der Waals surface area contributed by atoms with Gasteiger partial charge in [-0.3, -0.25) is 0 Å². The minimum atomic E-state index is -0.688. The molecule has 2 aliphatic rings. The van der Waals surface area contributed by atoms with Gasteiger partial charge < -0.3 is 25.0 Å². The number of urea groups is 1. The van der Waals surface area contributed by atoms with Crippen LogP contribution in [-0.2, 0) is 16.0 Å². The number of benzene rings is 1. The Hall–Kier alpha value is -3.27. The average Bonchev–Trinajstić information content (AvgIpc) is 3.48. The fourth-order valence-corrected chi connectivity index (χ4v) is 5.15. The zero-order valence-electron chi connectivity index (χ0n) is 22.1. The number of carbonyl (C=O) groups excluding carboxylic acids is 3. The number of carbonyl (C=O) groups is 3. The smallest absolute Gasteiger partial charge is 0.435 e. The van der Waals surface area contributed by atoms with Gasteiger partial charge in [0.15, 0.2) is 0 Å². The van der Waals surface area contributed by atoms with Crippen molar-refractivity contribution in [1.29, 1.82) is 0 Å². The van der Waals surface area contributed by atoms with Crippen molar-refractivity contribution in [2.24, 2.45) is 5.73 Å². The first-order valence-corrected chi connectivity index (χ1v) is 12.7. The summed E-state index contributed by atoms with van der Waals surface area (Å²) in [5, 5.41) is 4.64. The number of hydrogen-bond acceptors (Lipinski definition) is 6. The molecule has 1 aromatic carbocycles. The van der Waals surface area contributed by atoms with Crippen LogP contribution in [0.25, 0.3) is 0 Å². The van der Waals surface area contributed by atoms with E-state index in [9.17, 15) is 14.4 Å². The molecule has 37 heavy (non-hydrogen) atoms. The SMILES string of the molecule is CC(C)(C)OC(=O)N1CCC[C@H]1c1cc(Cl)cc2c1CN(C(N)=O)[C@@H]2c1cnn(C(=O)OC(C)(C)C)c1. The van der Waals surface area contributed by atoms with Gasteiger partial charge in [0.25, 0.3) is 0 Å². The third-order valence-corrected chi connectivity index (χ3v) is 6.46. The molecule has 0 spiro atoms. The van der Waals surface area contributed by atoms with Gasteiger partial charge in [-0.2, -0.15) is 9.78 Å². The zero-order chi connectivity index (χ0) is 27.3. The molecule has 2 aromatic rings. The maximum Gasteiger partial charge on any atom is 0.435 e. The Balaban J connectivity index is 1.73. The van der Waals surface area contributed by atoms with Crippen molar-refractivity contribution in [3.05, 3.63) is 51.8 Å². The van der Waals surface area contributed by atoms with E-state index in [-0.39, 0.29) is 18.7 Å². The van der Waals surface area contributed by atoms with Crippen LogP contribution < -0.4 is 5.73 Å². The normalized spacial score (nSPS) is 19.6. The number of hydrogen-bond donors (Lipinski definition) is 1. The summed E-state index contributed by atoms with van der Waals surface area (Å²) in [6.07, 6.45) is 3.59. The first kappa shape index (κ1) is 26.8. The van der Waals surface area contributed by atoms with Crippen LogP contribution in [0.2, 0.25) is 5.02 Å². The number of nitrogens with two attached hydrogens (primary N) is 1. The molecule has 1 fully saturated rings. The maximum atomic E-state index is 13.0. The molecule has 2 atom stereocenters. The van der Waals surface area contributed by atoms with Gasteiger partial charge in [-0.15, -0.1) is 0 Å². The highest BCUT2D eigenvalue weighted by molar-refractivity contribution is 6.30. The molecule has 0 radical (unpaired) electrons. The van der Waals surface area contributed by atoms with E-state index in [1.807, 2.05) is 26.8 Å². The van der Waals surface area contributed by atoms with Gasteiger partial charge in [0.2, 0.25) is 0 Å². The lowest BCUT2D eigenvalue weighted by Gasteiger charge is -2.30. The second-order valence-corrected chi connectivity index (χ2v) is 11.9. The van der Waals surface area contributed by atoms with Crippen LogP contribution in [0.3, 0.4) is 0 Å². The molecule has 10 nitrogen and oxygen atoms in total. The van der Waals surface area contributed by atoms with E-state index in [2.05, 4.69) is 5.10 Å². The Morgan fingerprint density at radius 1 is 1.00 bits per heavy atom. The highest BCUT2D eigenvalue weighted by Gasteiger charge is 2.41. The van der Waals surface area contributed by atoms with Crippen molar-refractivity contribution >= 4 is 29.8 Å². The minimum Gasteiger partial charge on any atom is -0.444 e. The predicted octanol–water partition coefficient (Wildman–Crippen LogP) is 5.38. The summed E-state index contributed by atoms with van der Waals surface area (Å²) in [4.78, 5) is 41.3. The molecule has 200 valence electrons. The summed E-state index contributed by atoms with van der Waals surface area (Å²) < 4.78 is 12.2. The summed E-state index contributed by atoms with van der Waals surface area (Å²) >= 11 is 6.58. The van der Waals surface area contributed by atoms with Crippen LogP contribution in [-0.4, -0.2) is 55.5 Å². The Morgan fingerprint density at radius 2 is 1.62 bits per heavy atom. The lowest BCUT2D eigenvalue weighted by Crippen LogP contribution is -2.36. The van der Waals surface area contributed by atoms with Gasteiger partial charge in [0.1, 0.15) is 11.2 Å². The highest BCUT2D eigenvalue weighted by Crippen LogP contribution is 2.45. The summed E-state index contributed by atoms with van der Waals surface area (Å²) in [5.41, 5.74) is 7.58. The Morgan fingerprint density at radius 3 is 2.24 bits per heavy atom. The molecule has 3 amide bonds. The molecular formula is C26H34ClN5O5. The standard InChI is InChI=1S/C26H34ClN5O5/c1-25(2,3)36-23(34)30-9-7-8-20(30)17-10-16(27)11-18-19(17)14-31(22(28)33)21(18)15-12-29-32(13-15)24(35)37-26(4,5)6/h10-13,20-21H,7-9,14H2,1-6H3,(H2,28,33)/t20-,21+/m0/s1. The number of ether oxygens (including phenoxy) is 2. The summed E-state index contributed by atoms with van der Waals surface area (Å²) in [5.74, 6) is 0. The first-order valence-electron chi connectivity index (χ1n) is 12.3. The van der Waals surface area contributed by atoms with Crippen molar-refractivity contribution < 1.29 is 23.9 Å². The average molecular weight is 532 g/mol. The zero-order valence-corrected chi connectivity index (χ0v) is 22.8. The van der Waals surface area contributed by atoms with E-state index in [4.69, 9.17) is 26.8 Å². The predicted molar refractivity (Wildman–Crippen MR) is 137 cm³/mol. The summed E-state index contributed by atoms with van der Waals surface area (Å²) in [6, 6.07) is 2.17. The molecule has 2 aliphatic heterocycles. The second kappa shape index (κ2) is 9.55. The van der Waals surface area contributed by atoms with Gasteiger partial charge in [0, 0.05) is 29.9 Å². The van der Waals surface area contributed by atoms with Crippen LogP contribution in [0.5, 0.6) is 0 Å².